The number of thioether (sulfide) groups is 1. The van der Waals surface area contributed by atoms with Gasteiger partial charge in [0.2, 0.25) is 5.88 Å². The Morgan fingerprint density at radius 1 is 1.54 bits per heavy atom. The van der Waals surface area contributed by atoms with Crippen LogP contribution in [0.1, 0.15) is 5.56 Å². The highest BCUT2D eigenvalue weighted by Gasteiger charge is 2.09. The second-order valence-corrected chi connectivity index (χ2v) is 3.20. The lowest BCUT2D eigenvalue weighted by Crippen LogP contribution is -2.07. The van der Waals surface area contributed by atoms with Crippen molar-refractivity contribution in [1.82, 2.24) is 9.97 Å². The smallest absolute Gasteiger partial charge is 0.220 e. The molecule has 5 heteroatoms. The van der Waals surface area contributed by atoms with E-state index >= 15 is 0 Å². The van der Waals surface area contributed by atoms with Gasteiger partial charge in [-0.15, -0.1) is 11.8 Å². The van der Waals surface area contributed by atoms with E-state index in [9.17, 15) is 0 Å². The Balaban J connectivity index is 3.05. The molecular formula is C8H13N3OS. The average molecular weight is 199 g/mol. The van der Waals surface area contributed by atoms with Gasteiger partial charge in [0.05, 0.1) is 7.11 Å². The molecule has 1 heterocycles. The molecule has 0 bridgehead atoms. The highest BCUT2D eigenvalue weighted by molar-refractivity contribution is 7.98. The van der Waals surface area contributed by atoms with Crippen molar-refractivity contribution in [3.63, 3.8) is 0 Å². The summed E-state index contributed by atoms with van der Waals surface area (Å²) in [6.07, 6.45) is 4.23. The van der Waals surface area contributed by atoms with E-state index in [1.54, 1.807) is 18.9 Å². The molecular weight excluding hydrogens is 186 g/mol. The first-order valence-corrected chi connectivity index (χ1v) is 5.17. The summed E-state index contributed by atoms with van der Waals surface area (Å²) in [5, 5.41) is 0.942. The molecule has 0 radical (unpaired) electrons. The number of rotatable bonds is 4. The molecule has 0 saturated heterocycles. The first-order valence-electron chi connectivity index (χ1n) is 3.95. The molecule has 2 N–H and O–H groups in total. The first kappa shape index (κ1) is 10.3. The SMILES string of the molecule is COc1ncnc(SC)c1CCN. The monoisotopic (exact) mass is 199 g/mol. The molecule has 1 rings (SSSR count). The van der Waals surface area contributed by atoms with Crippen molar-refractivity contribution in [2.75, 3.05) is 19.9 Å². The van der Waals surface area contributed by atoms with E-state index in [2.05, 4.69) is 9.97 Å². The summed E-state index contributed by atoms with van der Waals surface area (Å²) < 4.78 is 5.12. The van der Waals surface area contributed by atoms with Crippen molar-refractivity contribution in [1.29, 1.82) is 0 Å². The van der Waals surface area contributed by atoms with Crippen molar-refractivity contribution in [3.8, 4) is 5.88 Å². The lowest BCUT2D eigenvalue weighted by atomic mass is 10.2. The third-order valence-corrected chi connectivity index (χ3v) is 2.39. The molecule has 0 aromatic carbocycles. The molecule has 1 aromatic rings. The molecule has 1 aromatic heterocycles. The van der Waals surface area contributed by atoms with E-state index in [-0.39, 0.29) is 0 Å². The van der Waals surface area contributed by atoms with E-state index in [1.165, 1.54) is 6.33 Å². The molecule has 0 atom stereocenters. The summed E-state index contributed by atoms with van der Waals surface area (Å²) in [7, 11) is 1.60. The molecule has 0 amide bonds. The number of ether oxygens (including phenoxy) is 1. The van der Waals surface area contributed by atoms with Gasteiger partial charge in [-0.3, -0.25) is 0 Å². The largest absolute Gasteiger partial charge is 0.481 e. The summed E-state index contributed by atoms with van der Waals surface area (Å²) >= 11 is 1.58. The van der Waals surface area contributed by atoms with Crippen LogP contribution in [0.15, 0.2) is 11.4 Å². The van der Waals surface area contributed by atoms with Gasteiger partial charge in [0.15, 0.2) is 0 Å². The van der Waals surface area contributed by atoms with Gasteiger partial charge in [-0.25, -0.2) is 9.97 Å². The van der Waals surface area contributed by atoms with Crippen molar-refractivity contribution < 1.29 is 4.74 Å². The van der Waals surface area contributed by atoms with Crippen LogP contribution in [0.5, 0.6) is 5.88 Å². The number of hydrogen-bond acceptors (Lipinski definition) is 5. The maximum Gasteiger partial charge on any atom is 0.220 e. The van der Waals surface area contributed by atoms with Crippen molar-refractivity contribution in [2.45, 2.75) is 11.4 Å². The Hall–Kier alpha value is -0.810. The zero-order chi connectivity index (χ0) is 9.68. The third kappa shape index (κ3) is 2.32. The fourth-order valence-electron chi connectivity index (χ4n) is 1.09. The number of hydrogen-bond donors (Lipinski definition) is 1. The summed E-state index contributed by atoms with van der Waals surface area (Å²) in [5.41, 5.74) is 6.49. The molecule has 0 saturated carbocycles. The number of nitrogens with zero attached hydrogens (tertiary/aromatic N) is 2. The van der Waals surface area contributed by atoms with Crippen LogP contribution in [0.25, 0.3) is 0 Å². The van der Waals surface area contributed by atoms with Crippen molar-refractivity contribution in [3.05, 3.63) is 11.9 Å². The predicted molar refractivity (Wildman–Crippen MR) is 53.1 cm³/mol. The van der Waals surface area contributed by atoms with Crippen molar-refractivity contribution in [2.24, 2.45) is 5.73 Å². The van der Waals surface area contributed by atoms with E-state index in [0.717, 1.165) is 17.0 Å². The molecule has 0 spiro atoms. The molecule has 0 fully saturated rings. The minimum absolute atomic E-state index is 0.581. The first-order chi connectivity index (χ1) is 6.33. The number of methoxy groups -OCH3 is 1. The molecule has 0 aliphatic carbocycles. The van der Waals surface area contributed by atoms with Gasteiger partial charge in [0.25, 0.3) is 0 Å². The standard InChI is InChI=1S/C8H13N3OS/c1-12-7-6(3-4-9)8(13-2)11-5-10-7/h5H,3-4,9H2,1-2H3. The minimum atomic E-state index is 0.581. The zero-order valence-electron chi connectivity index (χ0n) is 7.78. The zero-order valence-corrected chi connectivity index (χ0v) is 8.60. The van der Waals surface area contributed by atoms with Crippen molar-refractivity contribution >= 4 is 11.8 Å². The molecule has 0 aliphatic rings. The number of nitrogens with two attached hydrogens (primary N) is 1. The maximum atomic E-state index is 5.49. The minimum Gasteiger partial charge on any atom is -0.481 e. The van der Waals surface area contributed by atoms with Crippen LogP contribution < -0.4 is 10.5 Å². The Bertz CT molecular complexity index is 258. The van der Waals surface area contributed by atoms with Crippen LogP contribution in [0.2, 0.25) is 0 Å². The Labute approximate surface area is 81.9 Å². The van der Waals surface area contributed by atoms with Crippen LogP contribution in [0.3, 0.4) is 0 Å². The third-order valence-electron chi connectivity index (χ3n) is 1.65. The van der Waals surface area contributed by atoms with Crippen LogP contribution in [-0.4, -0.2) is 29.9 Å². The van der Waals surface area contributed by atoms with Gasteiger partial charge in [-0.05, 0) is 19.2 Å². The van der Waals surface area contributed by atoms with Gasteiger partial charge >= 0.3 is 0 Å². The van der Waals surface area contributed by atoms with Gasteiger partial charge in [-0.2, -0.15) is 0 Å². The fraction of sp³-hybridized carbons (Fsp3) is 0.500. The van der Waals surface area contributed by atoms with E-state index in [0.29, 0.717) is 12.4 Å². The van der Waals surface area contributed by atoms with Gasteiger partial charge in [0.1, 0.15) is 11.4 Å². The quantitative estimate of drug-likeness (QED) is 0.571. The summed E-state index contributed by atoms with van der Waals surface area (Å²) in [4.78, 5) is 8.16. The predicted octanol–water partition coefficient (Wildman–Crippen LogP) is 0.708. The van der Waals surface area contributed by atoms with Gasteiger partial charge in [0, 0.05) is 5.56 Å². The Kier molecular flexibility index (Phi) is 3.98. The Morgan fingerprint density at radius 2 is 2.31 bits per heavy atom. The van der Waals surface area contributed by atoms with E-state index in [1.807, 2.05) is 6.26 Å². The second kappa shape index (κ2) is 5.04. The average Bonchev–Trinajstić information content (AvgIpc) is 2.18. The highest BCUT2D eigenvalue weighted by atomic mass is 32.2. The van der Waals surface area contributed by atoms with Crippen LogP contribution >= 0.6 is 11.8 Å². The summed E-state index contributed by atoms with van der Waals surface area (Å²) in [6, 6.07) is 0. The normalized spacial score (nSPS) is 10.1. The lowest BCUT2D eigenvalue weighted by Gasteiger charge is -2.08. The highest BCUT2D eigenvalue weighted by Crippen LogP contribution is 2.24. The summed E-state index contributed by atoms with van der Waals surface area (Å²) in [5.74, 6) is 0.629. The number of aromatic nitrogens is 2. The molecule has 0 unspecified atom stereocenters. The maximum absolute atomic E-state index is 5.49. The van der Waals surface area contributed by atoms with Crippen LogP contribution in [-0.2, 0) is 6.42 Å². The van der Waals surface area contributed by atoms with Gasteiger partial charge in [-0.1, -0.05) is 0 Å². The summed E-state index contributed by atoms with van der Waals surface area (Å²) in [6.45, 7) is 0.581. The fourth-order valence-corrected chi connectivity index (χ4v) is 1.68. The lowest BCUT2D eigenvalue weighted by molar-refractivity contribution is 0.388. The topological polar surface area (TPSA) is 61.0 Å². The van der Waals surface area contributed by atoms with Gasteiger partial charge < -0.3 is 10.5 Å². The van der Waals surface area contributed by atoms with E-state index in [4.69, 9.17) is 10.5 Å². The molecule has 0 aliphatic heterocycles. The second-order valence-electron chi connectivity index (χ2n) is 2.41. The van der Waals surface area contributed by atoms with Crippen LogP contribution in [0, 0.1) is 0 Å². The molecule has 13 heavy (non-hydrogen) atoms. The molecule has 72 valence electrons. The molecule has 4 nitrogen and oxygen atoms in total. The van der Waals surface area contributed by atoms with Crippen LogP contribution in [0.4, 0.5) is 0 Å². The van der Waals surface area contributed by atoms with E-state index < -0.39 is 0 Å². The Morgan fingerprint density at radius 3 is 2.85 bits per heavy atom.